The summed E-state index contributed by atoms with van der Waals surface area (Å²) in [5.74, 6) is 0.0353. The highest BCUT2D eigenvalue weighted by Crippen LogP contribution is 2.21. The molecule has 1 saturated heterocycles. The molecule has 1 fully saturated rings. The summed E-state index contributed by atoms with van der Waals surface area (Å²) in [7, 11) is 0. The molecule has 2 aromatic rings. The van der Waals surface area contributed by atoms with Crippen LogP contribution in [0.2, 0.25) is 0 Å². The van der Waals surface area contributed by atoms with Crippen molar-refractivity contribution in [1.29, 1.82) is 0 Å². The van der Waals surface area contributed by atoms with E-state index in [1.165, 1.54) is 11.3 Å². The number of hydrogen-bond acceptors (Lipinski definition) is 5. The second-order valence-corrected chi connectivity index (χ2v) is 6.11. The summed E-state index contributed by atoms with van der Waals surface area (Å²) >= 11 is 1.46. The summed E-state index contributed by atoms with van der Waals surface area (Å²) in [5, 5.41) is 5.81. The summed E-state index contributed by atoms with van der Waals surface area (Å²) in [6.07, 6.45) is 0. The van der Waals surface area contributed by atoms with Crippen LogP contribution in [0.15, 0.2) is 35.7 Å². The van der Waals surface area contributed by atoms with E-state index in [-0.39, 0.29) is 5.91 Å². The Kier molecular flexibility index (Phi) is 4.70. The molecule has 3 rings (SSSR count). The maximum Gasteiger partial charge on any atom is 0.273 e. The van der Waals surface area contributed by atoms with Gasteiger partial charge in [0.2, 0.25) is 0 Å². The zero-order chi connectivity index (χ0) is 15.4. The first-order chi connectivity index (χ1) is 10.8. The molecule has 22 heavy (non-hydrogen) atoms. The predicted octanol–water partition coefficient (Wildman–Crippen LogP) is 2.66. The summed E-state index contributed by atoms with van der Waals surface area (Å²) in [5.41, 5.74) is 1.51. The Labute approximate surface area is 134 Å². The van der Waals surface area contributed by atoms with Gasteiger partial charge in [0.1, 0.15) is 5.69 Å². The van der Waals surface area contributed by atoms with Crippen LogP contribution in [0.1, 0.15) is 17.4 Å². The Morgan fingerprint density at radius 2 is 1.95 bits per heavy atom. The van der Waals surface area contributed by atoms with Crippen molar-refractivity contribution in [3.05, 3.63) is 41.4 Å². The summed E-state index contributed by atoms with van der Waals surface area (Å²) < 4.78 is 0. The van der Waals surface area contributed by atoms with Crippen molar-refractivity contribution in [3.63, 3.8) is 0 Å². The minimum atomic E-state index is 0.0353. The lowest BCUT2D eigenvalue weighted by Gasteiger charge is -2.33. The zero-order valence-corrected chi connectivity index (χ0v) is 13.5. The molecule has 0 atom stereocenters. The molecule has 1 amide bonds. The summed E-state index contributed by atoms with van der Waals surface area (Å²) in [6, 6.07) is 9.86. The smallest absolute Gasteiger partial charge is 0.273 e. The fourth-order valence-electron chi connectivity index (χ4n) is 2.50. The normalized spacial score (nSPS) is 15.8. The number of thiazole rings is 1. The lowest BCUT2D eigenvalue weighted by molar-refractivity contribution is 0.0638. The van der Waals surface area contributed by atoms with Gasteiger partial charge < -0.3 is 15.1 Å². The van der Waals surface area contributed by atoms with Gasteiger partial charge in [-0.2, -0.15) is 0 Å². The van der Waals surface area contributed by atoms with Gasteiger partial charge in [-0.15, -0.1) is 11.3 Å². The lowest BCUT2D eigenvalue weighted by Crippen LogP contribution is -2.48. The highest BCUT2D eigenvalue weighted by Gasteiger charge is 2.23. The highest BCUT2D eigenvalue weighted by atomic mass is 32.1. The molecular weight excluding hydrogens is 296 g/mol. The number of aromatic nitrogens is 1. The van der Waals surface area contributed by atoms with Gasteiger partial charge >= 0.3 is 0 Å². The van der Waals surface area contributed by atoms with Gasteiger partial charge in [0.15, 0.2) is 5.13 Å². The molecule has 116 valence electrons. The van der Waals surface area contributed by atoms with Gasteiger partial charge in [0.05, 0.1) is 0 Å². The number of nitrogens with zero attached hydrogens (tertiary/aromatic N) is 3. The van der Waals surface area contributed by atoms with E-state index >= 15 is 0 Å². The van der Waals surface area contributed by atoms with Crippen molar-refractivity contribution in [2.75, 3.05) is 38.0 Å². The molecule has 0 radical (unpaired) electrons. The Bertz CT molecular complexity index is 620. The first-order valence-corrected chi connectivity index (χ1v) is 8.43. The second kappa shape index (κ2) is 6.89. The predicted molar refractivity (Wildman–Crippen MR) is 89.9 cm³/mol. The van der Waals surface area contributed by atoms with E-state index in [0.29, 0.717) is 5.69 Å². The van der Waals surface area contributed by atoms with Crippen LogP contribution in [0.5, 0.6) is 0 Å². The largest absolute Gasteiger partial charge is 0.335 e. The fraction of sp³-hybridized carbons (Fsp3) is 0.375. The van der Waals surface area contributed by atoms with E-state index in [0.717, 1.165) is 43.5 Å². The molecule has 2 heterocycles. The van der Waals surface area contributed by atoms with Gasteiger partial charge in [0.25, 0.3) is 5.91 Å². The van der Waals surface area contributed by atoms with Crippen LogP contribution in [0.25, 0.3) is 0 Å². The molecule has 1 aliphatic heterocycles. The maximum atomic E-state index is 12.5. The average Bonchev–Trinajstić information content (AvgIpc) is 3.04. The van der Waals surface area contributed by atoms with Crippen LogP contribution >= 0.6 is 11.3 Å². The average molecular weight is 316 g/mol. The molecule has 6 heteroatoms. The van der Waals surface area contributed by atoms with E-state index < -0.39 is 0 Å². The molecule has 1 aromatic carbocycles. The van der Waals surface area contributed by atoms with Crippen LogP contribution in [0.3, 0.4) is 0 Å². The van der Waals surface area contributed by atoms with Crippen LogP contribution in [0, 0.1) is 0 Å². The SMILES string of the molecule is CCN1CCN(C(=O)c2csc(Nc3ccccc3)n2)CC1. The number of hydrogen-bond donors (Lipinski definition) is 1. The first kappa shape index (κ1) is 15.0. The minimum absolute atomic E-state index is 0.0353. The van der Waals surface area contributed by atoms with Crippen molar-refractivity contribution in [2.45, 2.75) is 6.92 Å². The fourth-order valence-corrected chi connectivity index (χ4v) is 3.21. The standard InChI is InChI=1S/C16H20N4OS/c1-2-19-8-10-20(11-9-19)15(21)14-12-22-16(18-14)17-13-6-4-3-5-7-13/h3-7,12H,2,8-11H2,1H3,(H,17,18). The third kappa shape index (κ3) is 3.45. The molecule has 0 aliphatic carbocycles. The van der Waals surface area contributed by atoms with Crippen molar-refractivity contribution in [2.24, 2.45) is 0 Å². The Hall–Kier alpha value is -1.92. The quantitative estimate of drug-likeness (QED) is 0.942. The monoisotopic (exact) mass is 316 g/mol. The Balaban J connectivity index is 1.62. The van der Waals surface area contributed by atoms with Crippen LogP contribution in [0.4, 0.5) is 10.8 Å². The minimum Gasteiger partial charge on any atom is -0.335 e. The molecule has 1 aromatic heterocycles. The molecule has 0 spiro atoms. The molecule has 1 N–H and O–H groups in total. The second-order valence-electron chi connectivity index (χ2n) is 5.26. The third-order valence-electron chi connectivity index (χ3n) is 3.86. The lowest BCUT2D eigenvalue weighted by atomic mass is 10.3. The number of benzene rings is 1. The summed E-state index contributed by atoms with van der Waals surface area (Å²) in [4.78, 5) is 21.2. The van der Waals surface area contributed by atoms with Crippen molar-refractivity contribution >= 4 is 28.1 Å². The first-order valence-electron chi connectivity index (χ1n) is 7.55. The van der Waals surface area contributed by atoms with Crippen molar-refractivity contribution in [3.8, 4) is 0 Å². The number of para-hydroxylation sites is 1. The number of carbonyl (C=O) groups excluding carboxylic acids is 1. The van der Waals surface area contributed by atoms with E-state index in [2.05, 4.69) is 22.1 Å². The van der Waals surface area contributed by atoms with E-state index in [9.17, 15) is 4.79 Å². The number of likely N-dealkylation sites (N-methyl/N-ethyl adjacent to an activating group) is 1. The number of nitrogens with one attached hydrogen (secondary N) is 1. The number of carbonyl (C=O) groups is 1. The van der Waals surface area contributed by atoms with Crippen LogP contribution in [-0.4, -0.2) is 53.4 Å². The number of anilines is 2. The van der Waals surface area contributed by atoms with E-state index in [1.54, 1.807) is 0 Å². The topological polar surface area (TPSA) is 48.5 Å². The maximum absolute atomic E-state index is 12.5. The summed E-state index contributed by atoms with van der Waals surface area (Å²) in [6.45, 7) is 6.66. The molecular formula is C16H20N4OS. The van der Waals surface area contributed by atoms with Crippen molar-refractivity contribution < 1.29 is 4.79 Å². The third-order valence-corrected chi connectivity index (χ3v) is 4.61. The molecule has 0 bridgehead atoms. The van der Waals surface area contributed by atoms with Gasteiger partial charge in [-0.3, -0.25) is 4.79 Å². The van der Waals surface area contributed by atoms with Gasteiger partial charge in [-0.1, -0.05) is 25.1 Å². The van der Waals surface area contributed by atoms with Gasteiger partial charge in [0, 0.05) is 37.2 Å². The van der Waals surface area contributed by atoms with E-state index in [1.807, 2.05) is 40.6 Å². The number of piperazine rings is 1. The zero-order valence-electron chi connectivity index (χ0n) is 12.7. The number of amides is 1. The highest BCUT2D eigenvalue weighted by molar-refractivity contribution is 7.14. The van der Waals surface area contributed by atoms with Crippen LogP contribution in [-0.2, 0) is 0 Å². The molecule has 1 aliphatic rings. The molecule has 5 nitrogen and oxygen atoms in total. The number of rotatable bonds is 4. The van der Waals surface area contributed by atoms with Gasteiger partial charge in [-0.25, -0.2) is 4.98 Å². The molecule has 0 unspecified atom stereocenters. The van der Waals surface area contributed by atoms with Crippen LogP contribution < -0.4 is 5.32 Å². The Morgan fingerprint density at radius 3 is 2.64 bits per heavy atom. The van der Waals surface area contributed by atoms with Gasteiger partial charge in [-0.05, 0) is 18.7 Å². The molecule has 0 saturated carbocycles. The van der Waals surface area contributed by atoms with Crippen molar-refractivity contribution in [1.82, 2.24) is 14.8 Å². The Morgan fingerprint density at radius 1 is 1.23 bits per heavy atom. The van der Waals surface area contributed by atoms with E-state index in [4.69, 9.17) is 0 Å².